The van der Waals surface area contributed by atoms with Crippen molar-refractivity contribution in [3.8, 4) is 5.75 Å². The van der Waals surface area contributed by atoms with E-state index in [-0.39, 0.29) is 18.6 Å². The summed E-state index contributed by atoms with van der Waals surface area (Å²) < 4.78 is 11.7. The highest BCUT2D eigenvalue weighted by Gasteiger charge is 2.49. The van der Waals surface area contributed by atoms with Crippen molar-refractivity contribution in [2.75, 3.05) is 13.2 Å². The summed E-state index contributed by atoms with van der Waals surface area (Å²) >= 11 is 0. The first-order valence-corrected chi connectivity index (χ1v) is 11.1. The van der Waals surface area contributed by atoms with Crippen molar-refractivity contribution >= 4 is 17.9 Å². The molecule has 0 bridgehead atoms. The SMILES string of the molecule is CC(C)NC(=O)[C@]1(C/C=C/c2ccccc2)N=C(c2ccc(OCCCO)cc2)O[C@@H]1C. The average molecular weight is 437 g/mol. The van der Waals surface area contributed by atoms with Gasteiger partial charge in [0.15, 0.2) is 5.54 Å². The van der Waals surface area contributed by atoms with Crippen molar-refractivity contribution in [2.24, 2.45) is 4.99 Å². The van der Waals surface area contributed by atoms with Gasteiger partial charge in [-0.25, -0.2) is 4.99 Å². The summed E-state index contributed by atoms with van der Waals surface area (Å²) in [5.41, 5.74) is 0.818. The Bertz CT molecular complexity index is 938. The predicted molar refractivity (Wildman–Crippen MR) is 127 cm³/mol. The van der Waals surface area contributed by atoms with Gasteiger partial charge in [0.1, 0.15) is 11.9 Å². The minimum absolute atomic E-state index is 0.000666. The molecule has 1 aliphatic heterocycles. The van der Waals surface area contributed by atoms with Crippen molar-refractivity contribution in [1.29, 1.82) is 0 Å². The number of aliphatic imine (C=N–C) groups is 1. The van der Waals surface area contributed by atoms with E-state index in [2.05, 4.69) is 5.32 Å². The number of rotatable bonds is 10. The van der Waals surface area contributed by atoms with Crippen LogP contribution in [0.25, 0.3) is 6.08 Å². The fourth-order valence-corrected chi connectivity index (χ4v) is 3.51. The zero-order chi connectivity index (χ0) is 23.0. The molecule has 2 atom stereocenters. The molecule has 0 unspecified atom stereocenters. The van der Waals surface area contributed by atoms with Crippen LogP contribution in [0.3, 0.4) is 0 Å². The van der Waals surface area contributed by atoms with Gasteiger partial charge < -0.3 is 19.9 Å². The number of ether oxygens (including phenoxy) is 2. The Labute approximate surface area is 190 Å². The maximum atomic E-state index is 13.2. The summed E-state index contributed by atoms with van der Waals surface area (Å²) in [6.07, 6.45) is 4.58. The molecule has 0 radical (unpaired) electrons. The number of hydrogen-bond donors (Lipinski definition) is 2. The van der Waals surface area contributed by atoms with Gasteiger partial charge in [-0.1, -0.05) is 42.5 Å². The van der Waals surface area contributed by atoms with Gasteiger partial charge in [0, 0.05) is 31.1 Å². The van der Waals surface area contributed by atoms with Gasteiger partial charge in [0.25, 0.3) is 5.91 Å². The van der Waals surface area contributed by atoms with E-state index in [9.17, 15) is 4.79 Å². The molecule has 32 heavy (non-hydrogen) atoms. The van der Waals surface area contributed by atoms with Crippen LogP contribution in [0.5, 0.6) is 5.75 Å². The van der Waals surface area contributed by atoms with Crippen molar-refractivity contribution < 1.29 is 19.4 Å². The Balaban J connectivity index is 1.83. The van der Waals surface area contributed by atoms with Crippen molar-refractivity contribution in [2.45, 2.75) is 51.3 Å². The number of aliphatic hydroxyl groups is 1. The molecule has 2 N–H and O–H groups in total. The molecule has 0 aliphatic carbocycles. The van der Waals surface area contributed by atoms with Crippen LogP contribution in [0.4, 0.5) is 0 Å². The summed E-state index contributed by atoms with van der Waals surface area (Å²) in [5, 5.41) is 11.9. The van der Waals surface area contributed by atoms with E-state index in [4.69, 9.17) is 19.6 Å². The fourth-order valence-electron chi connectivity index (χ4n) is 3.51. The number of amides is 1. The minimum Gasteiger partial charge on any atom is -0.494 e. The Morgan fingerprint density at radius 1 is 1.22 bits per heavy atom. The molecule has 1 heterocycles. The topological polar surface area (TPSA) is 80.2 Å². The van der Waals surface area contributed by atoms with Gasteiger partial charge in [0.2, 0.25) is 5.90 Å². The van der Waals surface area contributed by atoms with Crippen LogP contribution in [-0.2, 0) is 9.53 Å². The van der Waals surface area contributed by atoms with E-state index in [0.29, 0.717) is 31.1 Å². The van der Waals surface area contributed by atoms with Crippen molar-refractivity contribution in [3.63, 3.8) is 0 Å². The number of nitrogens with one attached hydrogen (secondary N) is 1. The molecule has 6 nitrogen and oxygen atoms in total. The summed E-state index contributed by atoms with van der Waals surface area (Å²) in [6.45, 7) is 6.31. The molecular formula is C26H32N2O4. The maximum absolute atomic E-state index is 13.2. The second-order valence-electron chi connectivity index (χ2n) is 8.20. The number of aliphatic hydroxyl groups excluding tert-OH is 1. The second-order valence-corrected chi connectivity index (χ2v) is 8.20. The van der Waals surface area contributed by atoms with E-state index in [1.807, 2.05) is 87.5 Å². The molecule has 3 rings (SSSR count). The number of benzene rings is 2. The molecule has 0 saturated carbocycles. The quantitative estimate of drug-likeness (QED) is 0.552. The van der Waals surface area contributed by atoms with Gasteiger partial charge in [-0.3, -0.25) is 4.79 Å². The Hall–Kier alpha value is -3.12. The molecule has 2 aromatic rings. The third kappa shape index (κ3) is 5.77. The number of carbonyl (C=O) groups excluding carboxylic acids is 1. The maximum Gasteiger partial charge on any atom is 0.252 e. The summed E-state index contributed by atoms with van der Waals surface area (Å²) in [7, 11) is 0. The molecule has 170 valence electrons. The second kappa shape index (κ2) is 11.0. The van der Waals surface area contributed by atoms with Crippen LogP contribution in [-0.4, -0.2) is 47.8 Å². The lowest BCUT2D eigenvalue weighted by molar-refractivity contribution is -0.128. The standard InChI is InChI=1S/C26H32N2O4/c1-19(2)27-25(30)26(16-7-11-21-9-5-4-6-10-21)20(3)32-24(28-26)22-12-14-23(15-13-22)31-18-8-17-29/h4-7,9-15,19-20,29H,8,16-18H2,1-3H3,(H,27,30)/b11-7+/t20-,26-/m1/s1. The molecule has 1 amide bonds. The van der Waals surface area contributed by atoms with Crippen molar-refractivity contribution in [3.05, 3.63) is 71.8 Å². The molecule has 1 aliphatic rings. The lowest BCUT2D eigenvalue weighted by atomic mass is 9.88. The minimum atomic E-state index is -1.04. The summed E-state index contributed by atoms with van der Waals surface area (Å²) in [4.78, 5) is 18.1. The third-order valence-electron chi connectivity index (χ3n) is 5.29. The van der Waals surface area contributed by atoms with Gasteiger partial charge >= 0.3 is 0 Å². The lowest BCUT2D eigenvalue weighted by Gasteiger charge is -2.28. The largest absolute Gasteiger partial charge is 0.494 e. The van der Waals surface area contributed by atoms with Crippen LogP contribution >= 0.6 is 0 Å². The summed E-state index contributed by atoms with van der Waals surface area (Å²) in [6, 6.07) is 17.4. The van der Waals surface area contributed by atoms with E-state index in [1.165, 1.54) is 0 Å². The van der Waals surface area contributed by atoms with Gasteiger partial charge in [-0.2, -0.15) is 0 Å². The highest BCUT2D eigenvalue weighted by atomic mass is 16.5. The number of carbonyl (C=O) groups is 1. The predicted octanol–water partition coefficient (Wildman–Crippen LogP) is 3.98. The number of hydrogen-bond acceptors (Lipinski definition) is 5. The van der Waals surface area contributed by atoms with Crippen LogP contribution in [0.1, 0.15) is 44.7 Å². The first-order chi connectivity index (χ1) is 15.4. The van der Waals surface area contributed by atoms with Gasteiger partial charge in [-0.15, -0.1) is 0 Å². The normalized spacial score (nSPS) is 20.3. The van der Waals surface area contributed by atoms with E-state index < -0.39 is 11.6 Å². The number of nitrogens with zero attached hydrogens (tertiary/aromatic N) is 1. The monoisotopic (exact) mass is 436 g/mol. The zero-order valence-electron chi connectivity index (χ0n) is 19.0. The molecular weight excluding hydrogens is 404 g/mol. The van der Waals surface area contributed by atoms with Crippen LogP contribution in [0.15, 0.2) is 65.7 Å². The Morgan fingerprint density at radius 3 is 2.59 bits per heavy atom. The van der Waals surface area contributed by atoms with E-state index >= 15 is 0 Å². The van der Waals surface area contributed by atoms with Crippen LogP contribution < -0.4 is 10.1 Å². The molecule has 2 aromatic carbocycles. The average Bonchev–Trinajstić information content (AvgIpc) is 3.12. The highest BCUT2D eigenvalue weighted by Crippen LogP contribution is 2.33. The molecule has 0 fully saturated rings. The van der Waals surface area contributed by atoms with Crippen LogP contribution in [0, 0.1) is 0 Å². The smallest absolute Gasteiger partial charge is 0.252 e. The van der Waals surface area contributed by atoms with E-state index in [0.717, 1.165) is 11.1 Å². The highest BCUT2D eigenvalue weighted by molar-refractivity contribution is 6.01. The van der Waals surface area contributed by atoms with Crippen LogP contribution in [0.2, 0.25) is 0 Å². The van der Waals surface area contributed by atoms with E-state index in [1.54, 1.807) is 0 Å². The Kier molecular flexibility index (Phi) is 8.06. The zero-order valence-corrected chi connectivity index (χ0v) is 19.0. The molecule has 0 aromatic heterocycles. The Morgan fingerprint density at radius 2 is 1.94 bits per heavy atom. The van der Waals surface area contributed by atoms with Gasteiger partial charge in [0.05, 0.1) is 6.61 Å². The third-order valence-corrected chi connectivity index (χ3v) is 5.29. The molecule has 0 saturated heterocycles. The first kappa shape index (κ1) is 23.5. The summed E-state index contributed by atoms with van der Waals surface area (Å²) in [5.74, 6) is 1.02. The van der Waals surface area contributed by atoms with Gasteiger partial charge in [-0.05, 0) is 50.6 Å². The first-order valence-electron chi connectivity index (χ1n) is 11.1. The van der Waals surface area contributed by atoms with Crippen molar-refractivity contribution in [1.82, 2.24) is 5.32 Å². The lowest BCUT2D eigenvalue weighted by Crippen LogP contribution is -2.52. The fraction of sp³-hybridized carbons (Fsp3) is 0.385. The molecule has 0 spiro atoms. The molecule has 6 heteroatoms.